The molecule has 2 aliphatic rings. The van der Waals surface area contributed by atoms with Crippen molar-refractivity contribution < 1.29 is 0 Å². The van der Waals surface area contributed by atoms with E-state index in [1.807, 2.05) is 0 Å². The van der Waals surface area contributed by atoms with Gasteiger partial charge in [0.15, 0.2) is 0 Å². The molecule has 0 aromatic heterocycles. The van der Waals surface area contributed by atoms with Crippen LogP contribution >= 0.6 is 0 Å². The lowest BCUT2D eigenvalue weighted by atomic mass is 9.88. The Morgan fingerprint density at radius 3 is 3.33 bits per heavy atom. The minimum Gasteiger partial charge on any atom is -0.375 e. The Balaban J connectivity index is 2.17. The van der Waals surface area contributed by atoms with Gasteiger partial charge >= 0.3 is 0 Å². The molecular formula is C11H17N. The van der Waals surface area contributed by atoms with Crippen LogP contribution in [-0.4, -0.2) is 18.0 Å². The van der Waals surface area contributed by atoms with Crippen LogP contribution in [0.2, 0.25) is 0 Å². The number of hydrogen-bond donors (Lipinski definition) is 0. The Hall–Kier alpha value is -0.720. The zero-order valence-electron chi connectivity index (χ0n) is 7.79. The first-order valence-electron chi connectivity index (χ1n) is 5.03. The predicted molar refractivity (Wildman–Crippen MR) is 51.8 cm³/mol. The van der Waals surface area contributed by atoms with Crippen molar-refractivity contribution in [1.29, 1.82) is 0 Å². The maximum Gasteiger partial charge on any atom is 0.0175 e. The summed E-state index contributed by atoms with van der Waals surface area (Å²) >= 11 is 0. The molecule has 0 saturated carbocycles. The van der Waals surface area contributed by atoms with E-state index in [1.165, 1.54) is 32.4 Å². The van der Waals surface area contributed by atoms with Crippen molar-refractivity contribution in [3.05, 3.63) is 23.9 Å². The maximum atomic E-state index is 2.53. The second-order valence-corrected chi connectivity index (χ2v) is 3.67. The number of allylic oxidation sites excluding steroid dienone is 4. The Bertz CT molecular complexity index is 215. The van der Waals surface area contributed by atoms with Gasteiger partial charge in [-0.1, -0.05) is 12.2 Å². The van der Waals surface area contributed by atoms with Gasteiger partial charge < -0.3 is 4.90 Å². The minimum absolute atomic E-state index is 0.837. The molecule has 0 bridgehead atoms. The molecule has 1 heterocycles. The summed E-state index contributed by atoms with van der Waals surface area (Å²) in [5.74, 6) is 0.837. The second kappa shape index (κ2) is 3.34. The van der Waals surface area contributed by atoms with E-state index in [4.69, 9.17) is 0 Å². The predicted octanol–water partition coefficient (Wildman–Crippen LogP) is 2.56. The van der Waals surface area contributed by atoms with Gasteiger partial charge in [0.05, 0.1) is 0 Å². The molecule has 0 spiro atoms. The number of likely N-dealkylation sites (tertiary alicyclic amines) is 1. The van der Waals surface area contributed by atoms with Crippen molar-refractivity contribution in [3.63, 3.8) is 0 Å². The second-order valence-electron chi connectivity index (χ2n) is 3.67. The molecule has 1 aliphatic heterocycles. The van der Waals surface area contributed by atoms with Gasteiger partial charge in [0.2, 0.25) is 0 Å². The van der Waals surface area contributed by atoms with Gasteiger partial charge in [0, 0.05) is 24.7 Å². The highest BCUT2D eigenvalue weighted by Crippen LogP contribution is 2.31. The van der Waals surface area contributed by atoms with Crippen molar-refractivity contribution in [2.45, 2.75) is 26.2 Å². The zero-order valence-corrected chi connectivity index (χ0v) is 7.79. The van der Waals surface area contributed by atoms with Gasteiger partial charge in [-0.3, -0.25) is 0 Å². The number of piperidine rings is 1. The highest BCUT2D eigenvalue weighted by atomic mass is 15.1. The number of fused-ring (bicyclic) bond motifs is 1. The van der Waals surface area contributed by atoms with E-state index in [9.17, 15) is 0 Å². The quantitative estimate of drug-likeness (QED) is 0.574. The first-order chi connectivity index (χ1) is 5.92. The fourth-order valence-corrected chi connectivity index (χ4v) is 2.29. The summed E-state index contributed by atoms with van der Waals surface area (Å²) in [7, 11) is 0. The molecule has 1 nitrogen and oxygen atoms in total. The lowest BCUT2D eigenvalue weighted by molar-refractivity contribution is 0.250. The van der Waals surface area contributed by atoms with Gasteiger partial charge in [-0.2, -0.15) is 0 Å². The largest absolute Gasteiger partial charge is 0.375 e. The molecule has 0 aromatic carbocycles. The molecule has 0 amide bonds. The summed E-state index contributed by atoms with van der Waals surface area (Å²) in [5.41, 5.74) is 1.59. The SMILES string of the molecule is CCN1CCCC2CC=CC=C21. The Morgan fingerprint density at radius 2 is 2.50 bits per heavy atom. The molecule has 1 unspecified atom stereocenters. The van der Waals surface area contributed by atoms with Gasteiger partial charge in [0.25, 0.3) is 0 Å². The molecule has 1 heteroatoms. The van der Waals surface area contributed by atoms with Gasteiger partial charge in [-0.15, -0.1) is 0 Å². The van der Waals surface area contributed by atoms with Gasteiger partial charge in [-0.25, -0.2) is 0 Å². The van der Waals surface area contributed by atoms with E-state index in [0.29, 0.717) is 0 Å². The lowest BCUT2D eigenvalue weighted by Crippen LogP contribution is -2.33. The monoisotopic (exact) mass is 163 g/mol. The molecule has 2 rings (SSSR count). The van der Waals surface area contributed by atoms with Crippen LogP contribution in [0.3, 0.4) is 0 Å². The topological polar surface area (TPSA) is 3.24 Å². The molecule has 66 valence electrons. The molecule has 1 aliphatic carbocycles. The molecule has 12 heavy (non-hydrogen) atoms. The first-order valence-corrected chi connectivity index (χ1v) is 5.03. The summed E-state index contributed by atoms with van der Waals surface area (Å²) in [4.78, 5) is 2.53. The highest BCUT2D eigenvalue weighted by Gasteiger charge is 2.23. The fourth-order valence-electron chi connectivity index (χ4n) is 2.29. The van der Waals surface area contributed by atoms with Crippen LogP contribution in [-0.2, 0) is 0 Å². The van der Waals surface area contributed by atoms with E-state index in [0.717, 1.165) is 5.92 Å². The number of nitrogens with zero attached hydrogens (tertiary/aromatic N) is 1. The van der Waals surface area contributed by atoms with Crippen molar-refractivity contribution in [1.82, 2.24) is 4.90 Å². The van der Waals surface area contributed by atoms with Gasteiger partial charge in [0.1, 0.15) is 0 Å². The van der Waals surface area contributed by atoms with Crippen LogP contribution in [0.1, 0.15) is 26.2 Å². The van der Waals surface area contributed by atoms with Crippen LogP contribution in [0.4, 0.5) is 0 Å². The first kappa shape index (κ1) is 7.90. The van der Waals surface area contributed by atoms with Crippen molar-refractivity contribution in [3.8, 4) is 0 Å². The number of rotatable bonds is 1. The van der Waals surface area contributed by atoms with Crippen molar-refractivity contribution in [2.75, 3.05) is 13.1 Å². The molecular weight excluding hydrogens is 146 g/mol. The smallest absolute Gasteiger partial charge is 0.0175 e. The third-order valence-electron chi connectivity index (χ3n) is 2.97. The Morgan fingerprint density at radius 1 is 1.58 bits per heavy atom. The van der Waals surface area contributed by atoms with Crippen LogP contribution in [0.5, 0.6) is 0 Å². The van der Waals surface area contributed by atoms with Crippen LogP contribution in [0.15, 0.2) is 23.9 Å². The molecule has 0 aromatic rings. The number of hydrogen-bond acceptors (Lipinski definition) is 1. The van der Waals surface area contributed by atoms with Crippen LogP contribution in [0.25, 0.3) is 0 Å². The van der Waals surface area contributed by atoms with E-state index in [-0.39, 0.29) is 0 Å². The molecule has 1 atom stereocenters. The van der Waals surface area contributed by atoms with E-state index in [2.05, 4.69) is 30.1 Å². The third kappa shape index (κ3) is 1.28. The van der Waals surface area contributed by atoms with E-state index in [1.54, 1.807) is 5.70 Å². The molecule has 0 N–H and O–H groups in total. The third-order valence-corrected chi connectivity index (χ3v) is 2.97. The average Bonchev–Trinajstić information content (AvgIpc) is 2.17. The zero-order chi connectivity index (χ0) is 8.39. The summed E-state index contributed by atoms with van der Waals surface area (Å²) < 4.78 is 0. The summed E-state index contributed by atoms with van der Waals surface area (Å²) in [5, 5.41) is 0. The van der Waals surface area contributed by atoms with E-state index >= 15 is 0 Å². The normalized spacial score (nSPS) is 28.2. The minimum atomic E-state index is 0.837. The Kier molecular flexibility index (Phi) is 2.20. The lowest BCUT2D eigenvalue weighted by Gasteiger charge is -2.37. The van der Waals surface area contributed by atoms with Crippen molar-refractivity contribution >= 4 is 0 Å². The fraction of sp³-hybridized carbons (Fsp3) is 0.636. The van der Waals surface area contributed by atoms with Gasteiger partial charge in [-0.05, 0) is 32.3 Å². The molecule has 1 fully saturated rings. The van der Waals surface area contributed by atoms with E-state index < -0.39 is 0 Å². The Labute approximate surface area is 74.8 Å². The van der Waals surface area contributed by atoms with Crippen LogP contribution in [0, 0.1) is 5.92 Å². The maximum absolute atomic E-state index is 2.53. The van der Waals surface area contributed by atoms with Crippen LogP contribution < -0.4 is 0 Å². The van der Waals surface area contributed by atoms with Crippen molar-refractivity contribution in [2.24, 2.45) is 5.92 Å². The summed E-state index contributed by atoms with van der Waals surface area (Å²) in [6, 6.07) is 0. The summed E-state index contributed by atoms with van der Waals surface area (Å²) in [6.07, 6.45) is 10.8. The average molecular weight is 163 g/mol. The molecule has 0 radical (unpaired) electrons. The standard InChI is InChI=1S/C11H17N/c1-2-12-9-5-7-10-6-3-4-8-11(10)12/h3-4,8,10H,2,5-7,9H2,1H3. The molecule has 1 saturated heterocycles. The highest BCUT2D eigenvalue weighted by molar-refractivity contribution is 5.21. The summed E-state index contributed by atoms with van der Waals surface area (Å²) in [6.45, 7) is 4.70.